The van der Waals surface area contributed by atoms with E-state index in [-0.39, 0.29) is 5.82 Å². The summed E-state index contributed by atoms with van der Waals surface area (Å²) in [5.74, 6) is -0.0675. The van der Waals surface area contributed by atoms with E-state index in [9.17, 15) is 33.9 Å². The van der Waals surface area contributed by atoms with Crippen LogP contribution < -0.4 is 11.4 Å². The lowest BCUT2D eigenvalue weighted by molar-refractivity contribution is -1.04. The zero-order valence-electron chi connectivity index (χ0n) is 34.2. The number of hydrogen-bond acceptors (Lipinski definition) is 11. The minimum absolute atomic E-state index is 0.0675. The van der Waals surface area contributed by atoms with Gasteiger partial charge in [-0.05, 0) is 57.4 Å². The lowest BCUT2D eigenvalue weighted by Gasteiger charge is -2.39. The highest BCUT2D eigenvalue weighted by atomic mass is 31.3. The summed E-state index contributed by atoms with van der Waals surface area (Å²) in [4.78, 5) is 34.5. The van der Waals surface area contributed by atoms with Crippen molar-refractivity contribution >= 4 is 21.5 Å². The summed E-state index contributed by atoms with van der Waals surface area (Å²) in [5.41, 5.74) is 4.51. The summed E-state index contributed by atoms with van der Waals surface area (Å²) in [6.07, 6.45) is 18.0. The molecular formula is C36H75N5O11P2+2. The Bertz CT molecular complexity index is 1260. The second kappa shape index (κ2) is 25.9. The quantitative estimate of drug-likeness (QED) is 0.0267. The van der Waals surface area contributed by atoms with Crippen molar-refractivity contribution in [3.8, 4) is 0 Å². The number of aliphatic hydroxyl groups is 2. The van der Waals surface area contributed by atoms with Crippen LogP contribution in [0.25, 0.3) is 0 Å². The van der Waals surface area contributed by atoms with E-state index in [2.05, 4.69) is 46.1 Å². The number of anilines is 1. The fourth-order valence-corrected chi connectivity index (χ4v) is 8.83. The first-order valence-corrected chi connectivity index (χ1v) is 23.1. The maximum Gasteiger partial charge on any atom is 0.527 e. The zero-order valence-corrected chi connectivity index (χ0v) is 36.0. The molecule has 1 aromatic heterocycles. The largest absolute Gasteiger partial charge is 0.527 e. The number of phosphoric acid groups is 2. The molecule has 0 spiro atoms. The Morgan fingerprint density at radius 2 is 1.20 bits per heavy atom. The highest BCUT2D eigenvalue weighted by Gasteiger charge is 2.46. The van der Waals surface area contributed by atoms with Crippen LogP contribution in [0.3, 0.4) is 0 Å². The maximum absolute atomic E-state index is 11.9. The van der Waals surface area contributed by atoms with Crippen molar-refractivity contribution in [2.45, 2.75) is 155 Å². The van der Waals surface area contributed by atoms with Gasteiger partial charge in [-0.3, -0.25) is 14.0 Å². The molecule has 54 heavy (non-hydrogen) atoms. The van der Waals surface area contributed by atoms with Gasteiger partial charge in [-0.2, -0.15) is 13.9 Å². The highest BCUT2D eigenvalue weighted by molar-refractivity contribution is 7.61. The lowest BCUT2D eigenvalue weighted by atomic mass is 10.1. The van der Waals surface area contributed by atoms with Crippen LogP contribution in [0.1, 0.15) is 137 Å². The molecule has 1 aromatic rings. The molecule has 1 aliphatic rings. The second-order valence-electron chi connectivity index (χ2n) is 15.4. The first kappa shape index (κ1) is 50.8. The molecule has 0 radical (unpaired) electrons. The molecule has 16 nitrogen and oxygen atoms in total. The number of hydrogen-bond donors (Lipinski definition) is 5. The first-order chi connectivity index (χ1) is 25.3. The Morgan fingerprint density at radius 1 is 0.759 bits per heavy atom. The van der Waals surface area contributed by atoms with Crippen molar-refractivity contribution in [3.63, 3.8) is 0 Å². The van der Waals surface area contributed by atoms with Gasteiger partial charge in [0.15, 0.2) is 6.23 Å². The van der Waals surface area contributed by atoms with Gasteiger partial charge in [-0.25, -0.2) is 13.9 Å². The normalized spacial score (nSPS) is 21.3. The summed E-state index contributed by atoms with van der Waals surface area (Å²) in [6, 6.07) is 1.26. The number of nitrogen functional groups attached to an aromatic ring is 1. The van der Waals surface area contributed by atoms with Gasteiger partial charge in [-0.15, -0.1) is 0 Å². The number of aromatic nitrogens is 2. The third-order valence-electron chi connectivity index (χ3n) is 9.36. The van der Waals surface area contributed by atoms with Gasteiger partial charge in [0.05, 0.1) is 53.9 Å². The zero-order chi connectivity index (χ0) is 40.8. The molecule has 1 fully saturated rings. The number of ether oxygens (including phenoxy) is 1. The van der Waals surface area contributed by atoms with E-state index in [1.165, 1.54) is 167 Å². The monoisotopic (exact) mass is 815 g/mol. The molecule has 0 saturated carbocycles. The summed E-state index contributed by atoms with van der Waals surface area (Å²) in [5, 5.41) is 20.2. The van der Waals surface area contributed by atoms with E-state index in [0.29, 0.717) is 0 Å². The van der Waals surface area contributed by atoms with E-state index in [4.69, 9.17) is 10.5 Å². The van der Waals surface area contributed by atoms with Gasteiger partial charge >= 0.3 is 21.3 Å². The fourth-order valence-electron chi connectivity index (χ4n) is 6.53. The minimum Gasteiger partial charge on any atom is -0.387 e. The molecule has 0 aliphatic carbocycles. The maximum atomic E-state index is 11.9. The fraction of sp³-hybridized carbons (Fsp3) is 0.889. The topological polar surface area (TPSA) is 213 Å². The molecule has 318 valence electrons. The van der Waals surface area contributed by atoms with Gasteiger partial charge < -0.3 is 30.1 Å². The van der Waals surface area contributed by atoms with Crippen LogP contribution in [0, 0.1) is 0 Å². The molecule has 0 bridgehead atoms. The van der Waals surface area contributed by atoms with Crippen LogP contribution in [0.5, 0.6) is 0 Å². The number of phosphoric ester groups is 1. The van der Waals surface area contributed by atoms with Crippen molar-refractivity contribution < 1.29 is 56.5 Å². The third-order valence-corrected chi connectivity index (χ3v) is 12.2. The molecule has 1 aliphatic heterocycles. The molecule has 2 unspecified atom stereocenters. The van der Waals surface area contributed by atoms with Crippen LogP contribution in [0.15, 0.2) is 17.1 Å². The van der Waals surface area contributed by atoms with Crippen LogP contribution >= 0.6 is 15.6 Å². The van der Waals surface area contributed by atoms with Crippen molar-refractivity contribution in [3.05, 3.63) is 22.7 Å². The van der Waals surface area contributed by atoms with E-state index in [1.807, 2.05) is 0 Å². The number of rotatable bonds is 28. The summed E-state index contributed by atoms with van der Waals surface area (Å²) >= 11 is 0. The van der Waals surface area contributed by atoms with Crippen LogP contribution in [-0.4, -0.2) is 111 Å². The van der Waals surface area contributed by atoms with Gasteiger partial charge in [0.2, 0.25) is 0 Å². The molecule has 0 amide bonds. The Kier molecular flexibility index (Phi) is 24.3. The van der Waals surface area contributed by atoms with Gasteiger partial charge in [0.1, 0.15) is 24.1 Å². The average molecular weight is 816 g/mol. The first-order valence-electron chi connectivity index (χ1n) is 20.1. The number of aliphatic hydroxyl groups excluding tert-OH is 2. The van der Waals surface area contributed by atoms with Crippen molar-refractivity contribution in [1.82, 2.24) is 9.55 Å². The van der Waals surface area contributed by atoms with Gasteiger partial charge in [-0.1, -0.05) is 83.7 Å². The SMILES string of the molecule is CCCCCC[N+](CCCCCC)(CCCCCC)CCCCCC.C[N+](C)(C)OP(=O)(O)OP(=O)(O)OC[C@H]1O[C@@H](n2ccc(N)nc2=O)[C@H](O)[C@@H]1O. The van der Waals surface area contributed by atoms with E-state index >= 15 is 0 Å². The molecule has 2 rings (SSSR count). The molecule has 6 atom stereocenters. The van der Waals surface area contributed by atoms with Crippen molar-refractivity contribution in [2.24, 2.45) is 0 Å². The van der Waals surface area contributed by atoms with E-state index in [1.54, 1.807) is 0 Å². The number of hydroxylamine groups is 3. The summed E-state index contributed by atoms with van der Waals surface area (Å²) < 4.78 is 44.1. The smallest absolute Gasteiger partial charge is 0.387 e. The predicted octanol–water partition coefficient (Wildman–Crippen LogP) is 6.44. The predicted molar refractivity (Wildman–Crippen MR) is 211 cm³/mol. The number of quaternary nitrogens is 2. The highest BCUT2D eigenvalue weighted by Crippen LogP contribution is 2.61. The third kappa shape index (κ3) is 20.8. The Labute approximate surface area is 324 Å². The van der Waals surface area contributed by atoms with E-state index < -0.39 is 57.1 Å². The number of unbranched alkanes of at least 4 members (excludes halogenated alkanes) is 12. The molecule has 2 heterocycles. The summed E-state index contributed by atoms with van der Waals surface area (Å²) in [6.45, 7) is 14.4. The molecule has 6 N–H and O–H groups in total. The standard InChI is InChI=1S/C24H52N.C12H22N4O11P2/c1-5-9-13-17-21-25(22-18-14-10-6-2,23-19-15-11-7-3)24-20-16-12-8-4;1-16(2,3)26-29(22,23)27-28(20,21)24-6-7-9(17)10(18)11(25-7)15-5-4-8(13)14-12(15)19/h5-24H2,1-4H3;4-5,7,9-11,17-18H,6H2,1-3H3,(H3-,13,14,19,20,21,22,23)/q+1;/p+1/t;7-,9-,10-,11-/m.1/s1. The lowest BCUT2D eigenvalue weighted by Crippen LogP contribution is -2.50. The average Bonchev–Trinajstić information content (AvgIpc) is 3.35. The van der Waals surface area contributed by atoms with Gasteiger partial charge in [0, 0.05) is 6.20 Å². The second-order valence-corrected chi connectivity index (χ2v) is 18.3. The van der Waals surface area contributed by atoms with Crippen molar-refractivity contribution in [2.75, 3.05) is 59.7 Å². The van der Waals surface area contributed by atoms with Crippen LogP contribution in [0.4, 0.5) is 5.82 Å². The molecule has 0 aromatic carbocycles. The minimum atomic E-state index is -5.12. The molecule has 1 saturated heterocycles. The van der Waals surface area contributed by atoms with E-state index in [0.717, 1.165) is 4.57 Å². The molecule has 18 heteroatoms. The number of nitrogens with zero attached hydrogens (tertiary/aromatic N) is 4. The van der Waals surface area contributed by atoms with Gasteiger partial charge in [0.25, 0.3) is 0 Å². The number of nitrogens with two attached hydrogens (primary N) is 1. The Balaban J connectivity index is 0.000000547. The molecular weight excluding hydrogens is 740 g/mol. The van der Waals surface area contributed by atoms with Crippen molar-refractivity contribution in [1.29, 1.82) is 0 Å². The summed E-state index contributed by atoms with van der Waals surface area (Å²) in [7, 11) is -6.04. The Morgan fingerprint density at radius 3 is 1.59 bits per heavy atom. The van der Waals surface area contributed by atoms with Crippen LogP contribution in [0.2, 0.25) is 0 Å². The van der Waals surface area contributed by atoms with Crippen LogP contribution in [-0.2, 0) is 27.3 Å². The Hall–Kier alpha value is -1.26.